The molecule has 2 aliphatic carbocycles. The van der Waals surface area contributed by atoms with Gasteiger partial charge in [-0.1, -0.05) is 24.8 Å². The summed E-state index contributed by atoms with van der Waals surface area (Å²) in [6, 6.07) is 0.793. The lowest BCUT2D eigenvalue weighted by atomic mass is 9.96. The van der Waals surface area contributed by atoms with Gasteiger partial charge in [0.05, 0.1) is 0 Å². The van der Waals surface area contributed by atoms with Crippen LogP contribution in [0, 0.1) is 0 Å². The van der Waals surface area contributed by atoms with Crippen molar-refractivity contribution < 1.29 is 0 Å². The molecule has 1 nitrogen and oxygen atoms in total. The molecule has 0 amide bonds. The third-order valence-electron chi connectivity index (χ3n) is 3.37. The molecule has 0 spiro atoms. The molecule has 1 heteroatoms. The molecule has 0 aromatic carbocycles. The second kappa shape index (κ2) is 4.69. The summed E-state index contributed by atoms with van der Waals surface area (Å²) in [7, 11) is 0. The Balaban J connectivity index is 1.73. The van der Waals surface area contributed by atoms with Crippen molar-refractivity contribution >= 4 is 0 Å². The second-order valence-electron chi connectivity index (χ2n) is 4.51. The monoisotopic (exact) mass is 179 g/mol. The summed E-state index contributed by atoms with van der Waals surface area (Å²) in [5.41, 5.74) is 1.66. The Morgan fingerprint density at radius 1 is 0.923 bits per heavy atom. The lowest BCUT2D eigenvalue weighted by molar-refractivity contribution is 0.403. The second-order valence-corrected chi connectivity index (χ2v) is 4.51. The molecule has 0 bridgehead atoms. The van der Waals surface area contributed by atoms with Crippen LogP contribution in [0.5, 0.6) is 0 Å². The fraction of sp³-hybridized carbons (Fsp3) is 0.833. The van der Waals surface area contributed by atoms with E-state index in [0.717, 1.165) is 6.04 Å². The molecule has 0 aliphatic heterocycles. The van der Waals surface area contributed by atoms with Crippen LogP contribution in [-0.2, 0) is 0 Å². The molecule has 2 saturated carbocycles. The van der Waals surface area contributed by atoms with Crippen molar-refractivity contribution in [2.24, 2.45) is 0 Å². The zero-order valence-electron chi connectivity index (χ0n) is 8.52. The summed E-state index contributed by atoms with van der Waals surface area (Å²) in [4.78, 5) is 0. The normalized spacial score (nSPS) is 24.8. The molecule has 2 rings (SSSR count). The Labute approximate surface area is 81.6 Å². The van der Waals surface area contributed by atoms with Crippen LogP contribution in [0.15, 0.2) is 11.8 Å². The van der Waals surface area contributed by atoms with E-state index in [0.29, 0.717) is 0 Å². The van der Waals surface area contributed by atoms with Crippen LogP contribution < -0.4 is 5.32 Å². The van der Waals surface area contributed by atoms with Crippen molar-refractivity contribution in [3.05, 3.63) is 11.8 Å². The first-order valence-electron chi connectivity index (χ1n) is 5.89. The van der Waals surface area contributed by atoms with E-state index in [4.69, 9.17) is 0 Å². The van der Waals surface area contributed by atoms with Crippen molar-refractivity contribution in [3.8, 4) is 0 Å². The molecule has 0 unspecified atom stereocenters. The van der Waals surface area contributed by atoms with E-state index in [2.05, 4.69) is 11.5 Å². The molecule has 0 aromatic rings. The third-order valence-corrected chi connectivity index (χ3v) is 3.37. The van der Waals surface area contributed by atoms with Crippen molar-refractivity contribution in [1.29, 1.82) is 0 Å². The van der Waals surface area contributed by atoms with E-state index in [-0.39, 0.29) is 0 Å². The maximum Gasteiger partial charge on any atom is 0.0255 e. The number of rotatable bonds is 2. The van der Waals surface area contributed by atoms with Gasteiger partial charge in [0.25, 0.3) is 0 Å². The quantitative estimate of drug-likeness (QED) is 0.685. The molecule has 0 atom stereocenters. The summed E-state index contributed by atoms with van der Waals surface area (Å²) in [6.07, 6.45) is 14.9. The molecular weight excluding hydrogens is 158 g/mol. The largest absolute Gasteiger partial charge is 0.388 e. The standard InChI is InChI=1S/C12H21N/c1-2-8-12(9-3-1)13-10-11-6-4-5-7-11/h10,12-13H,1-9H2. The Morgan fingerprint density at radius 3 is 2.31 bits per heavy atom. The maximum atomic E-state index is 3.60. The minimum Gasteiger partial charge on any atom is -0.388 e. The average Bonchev–Trinajstić information content (AvgIpc) is 2.69. The Hall–Kier alpha value is -0.460. The van der Waals surface area contributed by atoms with Gasteiger partial charge in [0.2, 0.25) is 0 Å². The summed E-state index contributed by atoms with van der Waals surface area (Å²) in [5, 5.41) is 3.60. The van der Waals surface area contributed by atoms with E-state index < -0.39 is 0 Å². The topological polar surface area (TPSA) is 12.0 Å². The van der Waals surface area contributed by atoms with Gasteiger partial charge in [0.15, 0.2) is 0 Å². The summed E-state index contributed by atoms with van der Waals surface area (Å²) >= 11 is 0. The minimum atomic E-state index is 0.793. The predicted octanol–water partition coefficient (Wildman–Crippen LogP) is 3.37. The van der Waals surface area contributed by atoms with Crippen LogP contribution in [-0.4, -0.2) is 6.04 Å². The summed E-state index contributed by atoms with van der Waals surface area (Å²) in [5.74, 6) is 0. The molecule has 2 fully saturated rings. The lowest BCUT2D eigenvalue weighted by Gasteiger charge is -2.22. The van der Waals surface area contributed by atoms with Crippen molar-refractivity contribution in [3.63, 3.8) is 0 Å². The van der Waals surface area contributed by atoms with Gasteiger partial charge in [0.1, 0.15) is 0 Å². The minimum absolute atomic E-state index is 0.793. The van der Waals surface area contributed by atoms with E-state index in [1.165, 1.54) is 57.8 Å². The first-order valence-corrected chi connectivity index (χ1v) is 5.89. The Morgan fingerprint density at radius 2 is 1.62 bits per heavy atom. The van der Waals surface area contributed by atoms with Gasteiger partial charge in [-0.05, 0) is 44.7 Å². The highest BCUT2D eigenvalue weighted by atomic mass is 14.9. The zero-order chi connectivity index (χ0) is 8.93. The fourth-order valence-corrected chi connectivity index (χ4v) is 2.48. The Kier molecular flexibility index (Phi) is 3.28. The molecule has 0 heterocycles. The van der Waals surface area contributed by atoms with Gasteiger partial charge in [-0.3, -0.25) is 0 Å². The molecule has 0 saturated heterocycles. The van der Waals surface area contributed by atoms with Crippen LogP contribution in [0.1, 0.15) is 57.8 Å². The van der Waals surface area contributed by atoms with Crippen LogP contribution in [0.4, 0.5) is 0 Å². The highest BCUT2D eigenvalue weighted by Crippen LogP contribution is 2.23. The molecule has 0 radical (unpaired) electrons. The molecule has 2 aliphatic rings. The van der Waals surface area contributed by atoms with Crippen LogP contribution in [0.3, 0.4) is 0 Å². The van der Waals surface area contributed by atoms with E-state index in [1.54, 1.807) is 5.57 Å². The van der Waals surface area contributed by atoms with Crippen LogP contribution >= 0.6 is 0 Å². The zero-order valence-corrected chi connectivity index (χ0v) is 8.52. The van der Waals surface area contributed by atoms with Crippen LogP contribution in [0.2, 0.25) is 0 Å². The predicted molar refractivity (Wildman–Crippen MR) is 56.6 cm³/mol. The van der Waals surface area contributed by atoms with Gasteiger partial charge in [-0.2, -0.15) is 0 Å². The summed E-state index contributed by atoms with van der Waals surface area (Å²) < 4.78 is 0. The number of hydrogen-bond donors (Lipinski definition) is 1. The summed E-state index contributed by atoms with van der Waals surface area (Å²) in [6.45, 7) is 0. The van der Waals surface area contributed by atoms with E-state index in [1.807, 2.05) is 0 Å². The fourth-order valence-electron chi connectivity index (χ4n) is 2.48. The number of allylic oxidation sites excluding steroid dienone is 1. The van der Waals surface area contributed by atoms with Crippen LogP contribution in [0.25, 0.3) is 0 Å². The van der Waals surface area contributed by atoms with Gasteiger partial charge in [-0.25, -0.2) is 0 Å². The SMILES string of the molecule is C(NC1CCCCC1)=C1CCCC1. The molecular formula is C12H21N. The third kappa shape index (κ3) is 2.75. The lowest BCUT2D eigenvalue weighted by Crippen LogP contribution is -2.26. The first-order chi connectivity index (χ1) is 6.45. The van der Waals surface area contributed by atoms with Crippen molar-refractivity contribution in [2.45, 2.75) is 63.8 Å². The van der Waals surface area contributed by atoms with Gasteiger partial charge in [-0.15, -0.1) is 0 Å². The Bertz CT molecular complexity index is 170. The van der Waals surface area contributed by atoms with Crippen molar-refractivity contribution in [2.75, 3.05) is 0 Å². The average molecular weight is 179 g/mol. The molecule has 0 aromatic heterocycles. The van der Waals surface area contributed by atoms with Gasteiger partial charge < -0.3 is 5.32 Å². The molecule has 1 N–H and O–H groups in total. The highest BCUT2D eigenvalue weighted by Gasteiger charge is 2.12. The van der Waals surface area contributed by atoms with Gasteiger partial charge in [0, 0.05) is 6.04 Å². The van der Waals surface area contributed by atoms with Gasteiger partial charge >= 0.3 is 0 Å². The smallest absolute Gasteiger partial charge is 0.0255 e. The van der Waals surface area contributed by atoms with Crippen molar-refractivity contribution in [1.82, 2.24) is 5.32 Å². The first kappa shape index (κ1) is 9.11. The number of nitrogens with one attached hydrogen (secondary N) is 1. The highest BCUT2D eigenvalue weighted by molar-refractivity contribution is 5.05. The van der Waals surface area contributed by atoms with E-state index >= 15 is 0 Å². The molecule has 74 valence electrons. The number of hydrogen-bond acceptors (Lipinski definition) is 1. The maximum absolute atomic E-state index is 3.60. The van der Waals surface area contributed by atoms with E-state index in [9.17, 15) is 0 Å². The molecule has 13 heavy (non-hydrogen) atoms.